The molecule has 6 heteroatoms. The molecule has 0 radical (unpaired) electrons. The van der Waals surface area contributed by atoms with Crippen molar-refractivity contribution in [2.75, 3.05) is 0 Å². The Bertz CT molecular complexity index is 4030. The minimum Gasteiger partial charge on any atom is -0.278 e. The second-order valence-corrected chi connectivity index (χ2v) is 24.4. The number of nitrogens with zero attached hydrogens (tertiary/aromatic N) is 4. The van der Waals surface area contributed by atoms with Gasteiger partial charge in [-0.2, -0.15) is 9.97 Å². The number of fused-ring (bicyclic) bond motifs is 3. The fourth-order valence-corrected chi connectivity index (χ4v) is 19.4. The lowest BCUT2D eigenvalue weighted by atomic mass is 10.1. The molecule has 0 aliphatic carbocycles. The largest absolute Gasteiger partial charge is 0.278 e. The molecule has 69 heavy (non-hydrogen) atoms. The second kappa shape index (κ2) is 17.9. The van der Waals surface area contributed by atoms with Crippen molar-refractivity contribution in [3.05, 3.63) is 279 Å². The van der Waals surface area contributed by atoms with Crippen LogP contribution in [0.15, 0.2) is 279 Å². The smallest absolute Gasteiger partial charge is 0.238 e. The summed E-state index contributed by atoms with van der Waals surface area (Å²) in [5.74, 6) is -0.557. The van der Waals surface area contributed by atoms with Crippen LogP contribution in [0, 0.1) is 0 Å². The number of rotatable bonds is 11. The van der Waals surface area contributed by atoms with Gasteiger partial charge in [-0.3, -0.25) is 4.57 Å². The van der Waals surface area contributed by atoms with Gasteiger partial charge in [-0.05, 0) is 53.6 Å². The van der Waals surface area contributed by atoms with Gasteiger partial charge >= 0.3 is 0 Å². The van der Waals surface area contributed by atoms with E-state index in [0.717, 1.165) is 47.1 Å². The first-order valence-corrected chi connectivity index (χ1v) is 26.8. The fourth-order valence-electron chi connectivity index (χ4n) is 10.2. The molecule has 0 atom stereocenters. The van der Waals surface area contributed by atoms with E-state index in [1.807, 2.05) is 138 Å². The summed E-state index contributed by atoms with van der Waals surface area (Å²) in [6.45, 7) is 0. The lowest BCUT2D eigenvalue weighted by Crippen LogP contribution is -2.74. The average Bonchev–Trinajstić information content (AvgIpc) is 3.84. The van der Waals surface area contributed by atoms with Gasteiger partial charge in [0.1, 0.15) is 0 Å². The standard InChI is InChI=1S/C63H46N4Si2/c1-8-25-47(26-9-1)61-64-62(48-27-24-40-55(45-48)68(49-28-10-2-11-29-49,50-30-12-3-13-31-50)51-32-14-4-15-33-51)66-63(65-61)67-59-42-23-22-41-57(59)58-44-43-56(46-60(58)67)69(52-34-16-5-17-35-52,53-36-18-6-19-37-53)54-38-20-7-21-39-54/h1-46H/i1D,8D,9D,24D,25D,26D,27D,40D,45D. The van der Waals surface area contributed by atoms with E-state index in [4.69, 9.17) is 19.1 Å². The van der Waals surface area contributed by atoms with Gasteiger partial charge in [-0.15, -0.1) is 0 Å². The van der Waals surface area contributed by atoms with Crippen molar-refractivity contribution < 1.29 is 12.3 Å². The van der Waals surface area contributed by atoms with Crippen molar-refractivity contribution in [2.45, 2.75) is 0 Å². The highest BCUT2D eigenvalue weighted by molar-refractivity contribution is 7.20. The monoisotopic (exact) mass is 923 g/mol. The molecule has 0 amide bonds. The van der Waals surface area contributed by atoms with Gasteiger partial charge in [0.15, 0.2) is 27.8 Å². The van der Waals surface area contributed by atoms with Gasteiger partial charge in [0.2, 0.25) is 5.95 Å². The normalized spacial score (nSPS) is 13.6. The summed E-state index contributed by atoms with van der Waals surface area (Å²) in [5.41, 5.74) is 0.901. The molecule has 0 bridgehead atoms. The Morgan fingerprint density at radius 3 is 1.22 bits per heavy atom. The third-order valence-corrected chi connectivity index (χ3v) is 22.5. The molecule has 0 fully saturated rings. The van der Waals surface area contributed by atoms with E-state index in [9.17, 15) is 8.22 Å². The molecule has 0 unspecified atom stereocenters. The summed E-state index contributed by atoms with van der Waals surface area (Å²) >= 11 is 0. The quantitative estimate of drug-likeness (QED) is 0.0962. The number of hydrogen-bond acceptors (Lipinski definition) is 3. The zero-order chi connectivity index (χ0) is 53.9. The maximum Gasteiger partial charge on any atom is 0.238 e. The Morgan fingerprint density at radius 1 is 0.319 bits per heavy atom. The van der Waals surface area contributed by atoms with Crippen LogP contribution in [0.5, 0.6) is 0 Å². The third kappa shape index (κ3) is 7.17. The molecule has 4 nitrogen and oxygen atoms in total. The van der Waals surface area contributed by atoms with Crippen molar-refractivity contribution in [1.82, 2.24) is 19.5 Å². The topological polar surface area (TPSA) is 43.6 Å². The fraction of sp³-hybridized carbons (Fsp3) is 0. The first-order valence-electron chi connectivity index (χ1n) is 27.3. The van der Waals surface area contributed by atoms with Crippen LogP contribution < -0.4 is 41.5 Å². The first kappa shape index (κ1) is 33.0. The predicted molar refractivity (Wildman–Crippen MR) is 292 cm³/mol. The zero-order valence-electron chi connectivity index (χ0n) is 46.2. The average molecular weight is 924 g/mol. The maximum atomic E-state index is 10.5. The zero-order valence-corrected chi connectivity index (χ0v) is 39.2. The Morgan fingerprint density at radius 2 is 0.725 bits per heavy atom. The first-order chi connectivity index (χ1) is 38.0. The van der Waals surface area contributed by atoms with Crippen LogP contribution in [0.1, 0.15) is 12.3 Å². The third-order valence-electron chi connectivity index (χ3n) is 13.1. The molecule has 326 valence electrons. The lowest BCUT2D eigenvalue weighted by molar-refractivity contribution is 0.954. The molecule has 2 heterocycles. The van der Waals surface area contributed by atoms with Gasteiger partial charge in [0, 0.05) is 21.9 Å². The summed E-state index contributed by atoms with van der Waals surface area (Å²) in [6.07, 6.45) is 0. The molecule has 0 aliphatic rings. The van der Waals surface area contributed by atoms with Crippen molar-refractivity contribution in [3.8, 4) is 28.7 Å². The highest BCUT2D eigenvalue weighted by Gasteiger charge is 2.43. The molecular weight excluding hydrogens is 869 g/mol. The molecular formula is C63H46N4Si2. The predicted octanol–water partition coefficient (Wildman–Crippen LogP) is 9.06. The highest BCUT2D eigenvalue weighted by atomic mass is 28.3. The number of hydrogen-bond donors (Lipinski definition) is 0. The highest BCUT2D eigenvalue weighted by Crippen LogP contribution is 2.32. The summed E-state index contributed by atoms with van der Waals surface area (Å²) in [4.78, 5) is 15.2. The Kier molecular flexibility index (Phi) is 8.57. The van der Waals surface area contributed by atoms with Crippen LogP contribution in [0.4, 0.5) is 0 Å². The van der Waals surface area contributed by atoms with Crippen LogP contribution in [-0.2, 0) is 0 Å². The second-order valence-electron chi connectivity index (χ2n) is 16.8. The Hall–Kier alpha value is -8.56. The Balaban J connectivity index is 1.22. The minimum atomic E-state index is -3.75. The van der Waals surface area contributed by atoms with Gasteiger partial charge in [0.25, 0.3) is 0 Å². The van der Waals surface area contributed by atoms with E-state index in [1.54, 1.807) is 0 Å². The van der Waals surface area contributed by atoms with E-state index in [-0.39, 0.29) is 46.0 Å². The van der Waals surface area contributed by atoms with Crippen LogP contribution >= 0.6 is 0 Å². The van der Waals surface area contributed by atoms with Crippen LogP contribution in [0.25, 0.3) is 50.5 Å². The van der Waals surface area contributed by atoms with Crippen molar-refractivity contribution in [1.29, 1.82) is 0 Å². The molecule has 12 aromatic rings. The van der Waals surface area contributed by atoms with E-state index in [1.165, 1.54) is 0 Å². The molecule has 0 saturated carbocycles. The van der Waals surface area contributed by atoms with E-state index in [0.29, 0.717) is 11.0 Å². The SMILES string of the molecule is [2H]c1c([2H])c([2H])c(-c2nc(-c3c([2H])c([2H])c([2H])c([Si](c4ccccc4)(c4ccccc4)c4ccccc4)c3[2H])nc(-n3c4ccccc4c4ccc([Si](c5ccccc5)(c5ccccc5)c5ccccc5)cc43)n2)c([2H])c1[2H]. The Labute approximate surface area is 417 Å². The summed E-state index contributed by atoms with van der Waals surface area (Å²) in [6, 6.07) is 70.8. The molecule has 0 spiro atoms. The number of benzene rings is 10. The van der Waals surface area contributed by atoms with Crippen LogP contribution in [-0.4, -0.2) is 35.7 Å². The summed E-state index contributed by atoms with van der Waals surface area (Å²) in [5, 5.41) is 8.98. The summed E-state index contributed by atoms with van der Waals surface area (Å²) < 4.78 is 86.3. The molecule has 12 rings (SSSR count). The van der Waals surface area contributed by atoms with Crippen LogP contribution in [0.2, 0.25) is 0 Å². The lowest BCUT2D eigenvalue weighted by Gasteiger charge is -2.34. The van der Waals surface area contributed by atoms with Crippen molar-refractivity contribution in [2.24, 2.45) is 0 Å². The minimum absolute atomic E-state index is 0.0175. The maximum absolute atomic E-state index is 10.5. The van der Waals surface area contributed by atoms with E-state index in [2.05, 4.69) is 91.0 Å². The van der Waals surface area contributed by atoms with Crippen LogP contribution in [0.3, 0.4) is 0 Å². The van der Waals surface area contributed by atoms with Crippen molar-refractivity contribution in [3.63, 3.8) is 0 Å². The molecule has 0 saturated heterocycles. The molecule has 0 N–H and O–H groups in total. The van der Waals surface area contributed by atoms with Crippen molar-refractivity contribution >= 4 is 79.4 Å². The van der Waals surface area contributed by atoms with E-state index < -0.39 is 58.4 Å². The molecule has 10 aromatic carbocycles. The number of para-hydroxylation sites is 1. The summed E-state index contributed by atoms with van der Waals surface area (Å²) in [7, 11) is -6.90. The van der Waals surface area contributed by atoms with Gasteiger partial charge < -0.3 is 0 Å². The number of aromatic nitrogens is 4. The van der Waals surface area contributed by atoms with Gasteiger partial charge in [-0.1, -0.05) is 267 Å². The van der Waals surface area contributed by atoms with Gasteiger partial charge in [0.05, 0.1) is 23.4 Å². The van der Waals surface area contributed by atoms with E-state index >= 15 is 0 Å². The van der Waals surface area contributed by atoms with Gasteiger partial charge in [-0.25, -0.2) is 4.98 Å². The molecule has 0 aliphatic heterocycles. The molecule has 2 aromatic heterocycles.